The summed E-state index contributed by atoms with van der Waals surface area (Å²) in [5, 5.41) is 2.80. The molecule has 0 fully saturated rings. The fourth-order valence-corrected chi connectivity index (χ4v) is 1.68. The smallest absolute Gasteiger partial charge is 0.244 e. The topological polar surface area (TPSA) is 29.1 Å². The van der Waals surface area contributed by atoms with Crippen molar-refractivity contribution in [2.24, 2.45) is 0 Å². The zero-order valence-electron chi connectivity index (χ0n) is 8.83. The monoisotopic (exact) mass is 315 g/mol. The largest absolute Gasteiger partial charge is 0.350 e. The standard InChI is InChI=1S/C12H14INO/c1-9(2)14-12(15)7-6-10-4-3-5-11(13)8-10/h3-9H,1-2H3,(H,14,15). The number of carbonyl (C=O) groups excluding carboxylic acids is 1. The number of nitrogens with one attached hydrogen (secondary N) is 1. The number of hydrogen-bond donors (Lipinski definition) is 1. The molecule has 1 aromatic carbocycles. The molecule has 1 aromatic rings. The van der Waals surface area contributed by atoms with Gasteiger partial charge in [-0.1, -0.05) is 12.1 Å². The first kappa shape index (κ1) is 12.2. The van der Waals surface area contributed by atoms with Crippen LogP contribution in [-0.2, 0) is 4.79 Å². The molecule has 0 atom stereocenters. The van der Waals surface area contributed by atoms with Crippen LogP contribution in [0.15, 0.2) is 30.3 Å². The highest BCUT2D eigenvalue weighted by atomic mass is 127. The van der Waals surface area contributed by atoms with Crippen LogP contribution in [0.3, 0.4) is 0 Å². The Morgan fingerprint density at radius 2 is 2.20 bits per heavy atom. The van der Waals surface area contributed by atoms with Crippen LogP contribution in [0.5, 0.6) is 0 Å². The Kier molecular flexibility index (Phi) is 4.81. The summed E-state index contributed by atoms with van der Waals surface area (Å²) >= 11 is 2.25. The van der Waals surface area contributed by atoms with Crippen molar-refractivity contribution in [3.05, 3.63) is 39.5 Å². The molecule has 15 heavy (non-hydrogen) atoms. The molecule has 80 valence electrons. The minimum Gasteiger partial charge on any atom is -0.350 e. The second-order valence-corrected chi connectivity index (χ2v) is 4.80. The summed E-state index contributed by atoms with van der Waals surface area (Å²) in [5.41, 5.74) is 1.04. The molecule has 1 N–H and O–H groups in total. The fraction of sp³-hybridized carbons (Fsp3) is 0.250. The van der Waals surface area contributed by atoms with Crippen molar-refractivity contribution in [1.82, 2.24) is 5.32 Å². The van der Waals surface area contributed by atoms with Crippen molar-refractivity contribution in [2.45, 2.75) is 19.9 Å². The van der Waals surface area contributed by atoms with Gasteiger partial charge >= 0.3 is 0 Å². The molecular formula is C12H14INO. The molecule has 0 aliphatic rings. The van der Waals surface area contributed by atoms with Gasteiger partial charge in [0, 0.05) is 15.7 Å². The van der Waals surface area contributed by atoms with Gasteiger partial charge in [0.15, 0.2) is 0 Å². The second kappa shape index (κ2) is 5.90. The molecule has 0 heterocycles. The van der Waals surface area contributed by atoms with E-state index in [1.54, 1.807) is 6.08 Å². The molecule has 0 aliphatic heterocycles. The third kappa shape index (κ3) is 4.97. The number of carbonyl (C=O) groups is 1. The summed E-state index contributed by atoms with van der Waals surface area (Å²) in [5.74, 6) is -0.0520. The van der Waals surface area contributed by atoms with Crippen molar-refractivity contribution >= 4 is 34.6 Å². The summed E-state index contributed by atoms with van der Waals surface area (Å²) < 4.78 is 1.17. The molecule has 0 saturated heterocycles. The Morgan fingerprint density at radius 1 is 1.47 bits per heavy atom. The first-order valence-electron chi connectivity index (χ1n) is 4.82. The molecule has 1 rings (SSSR count). The Labute approximate surface area is 104 Å². The van der Waals surface area contributed by atoms with E-state index in [-0.39, 0.29) is 11.9 Å². The van der Waals surface area contributed by atoms with E-state index < -0.39 is 0 Å². The first-order chi connectivity index (χ1) is 7.08. The number of hydrogen-bond acceptors (Lipinski definition) is 1. The first-order valence-corrected chi connectivity index (χ1v) is 5.90. The van der Waals surface area contributed by atoms with Gasteiger partial charge < -0.3 is 5.32 Å². The summed E-state index contributed by atoms with van der Waals surface area (Å²) in [7, 11) is 0. The average molecular weight is 315 g/mol. The van der Waals surface area contributed by atoms with Gasteiger partial charge in [0.25, 0.3) is 0 Å². The van der Waals surface area contributed by atoms with E-state index in [0.29, 0.717) is 0 Å². The van der Waals surface area contributed by atoms with E-state index in [4.69, 9.17) is 0 Å². The molecule has 0 radical (unpaired) electrons. The van der Waals surface area contributed by atoms with E-state index in [1.807, 2.05) is 44.2 Å². The van der Waals surface area contributed by atoms with Gasteiger partial charge in [-0.25, -0.2) is 0 Å². The van der Waals surface area contributed by atoms with Crippen molar-refractivity contribution < 1.29 is 4.79 Å². The van der Waals surface area contributed by atoms with Gasteiger partial charge in [-0.2, -0.15) is 0 Å². The summed E-state index contributed by atoms with van der Waals surface area (Å²) in [6.45, 7) is 3.88. The van der Waals surface area contributed by atoms with E-state index >= 15 is 0 Å². The van der Waals surface area contributed by atoms with Crippen molar-refractivity contribution in [3.63, 3.8) is 0 Å². The Balaban J connectivity index is 2.61. The summed E-state index contributed by atoms with van der Waals surface area (Å²) in [6, 6.07) is 8.17. The second-order valence-electron chi connectivity index (χ2n) is 3.55. The van der Waals surface area contributed by atoms with Crippen LogP contribution in [0, 0.1) is 3.57 Å². The third-order valence-electron chi connectivity index (χ3n) is 1.71. The minimum atomic E-state index is -0.0520. The van der Waals surface area contributed by atoms with E-state index in [1.165, 1.54) is 3.57 Å². The minimum absolute atomic E-state index is 0.0520. The Morgan fingerprint density at radius 3 is 2.80 bits per heavy atom. The van der Waals surface area contributed by atoms with Crippen LogP contribution in [0.2, 0.25) is 0 Å². The third-order valence-corrected chi connectivity index (χ3v) is 2.38. The maximum absolute atomic E-state index is 11.3. The number of halogens is 1. The molecule has 0 spiro atoms. The predicted octanol–water partition coefficient (Wildman–Crippen LogP) is 2.83. The molecule has 3 heteroatoms. The van der Waals surface area contributed by atoms with Crippen LogP contribution in [0.25, 0.3) is 6.08 Å². The van der Waals surface area contributed by atoms with Gasteiger partial charge in [-0.05, 0) is 60.2 Å². The lowest BCUT2D eigenvalue weighted by molar-refractivity contribution is -0.116. The highest BCUT2D eigenvalue weighted by molar-refractivity contribution is 14.1. The quantitative estimate of drug-likeness (QED) is 0.674. The molecule has 0 unspecified atom stereocenters. The Hall–Kier alpha value is -0.840. The highest BCUT2D eigenvalue weighted by Gasteiger charge is 1.97. The number of benzene rings is 1. The van der Waals surface area contributed by atoms with Crippen LogP contribution in [-0.4, -0.2) is 11.9 Å². The molecule has 0 saturated carbocycles. The molecular weight excluding hydrogens is 301 g/mol. The van der Waals surface area contributed by atoms with Crippen molar-refractivity contribution in [1.29, 1.82) is 0 Å². The lowest BCUT2D eigenvalue weighted by Gasteiger charge is -2.04. The Bertz CT molecular complexity index is 372. The van der Waals surface area contributed by atoms with Crippen LogP contribution in [0.4, 0.5) is 0 Å². The van der Waals surface area contributed by atoms with Gasteiger partial charge in [-0.15, -0.1) is 0 Å². The van der Waals surface area contributed by atoms with Gasteiger partial charge in [0.05, 0.1) is 0 Å². The zero-order chi connectivity index (χ0) is 11.3. The maximum atomic E-state index is 11.3. The fourth-order valence-electron chi connectivity index (χ4n) is 1.11. The van der Waals surface area contributed by atoms with Gasteiger partial charge in [0.2, 0.25) is 5.91 Å². The van der Waals surface area contributed by atoms with E-state index in [2.05, 4.69) is 27.9 Å². The average Bonchev–Trinajstić information content (AvgIpc) is 2.14. The lowest BCUT2D eigenvalue weighted by Crippen LogP contribution is -2.28. The van der Waals surface area contributed by atoms with Crippen molar-refractivity contribution in [3.8, 4) is 0 Å². The molecule has 1 amide bonds. The van der Waals surface area contributed by atoms with E-state index in [9.17, 15) is 4.79 Å². The van der Waals surface area contributed by atoms with Crippen LogP contribution >= 0.6 is 22.6 Å². The highest BCUT2D eigenvalue weighted by Crippen LogP contribution is 2.08. The molecule has 2 nitrogen and oxygen atoms in total. The number of amides is 1. The zero-order valence-corrected chi connectivity index (χ0v) is 11.0. The normalized spacial score (nSPS) is 10.9. The molecule has 0 aromatic heterocycles. The summed E-state index contributed by atoms with van der Waals surface area (Å²) in [4.78, 5) is 11.3. The van der Waals surface area contributed by atoms with Crippen LogP contribution < -0.4 is 5.32 Å². The maximum Gasteiger partial charge on any atom is 0.244 e. The van der Waals surface area contributed by atoms with Gasteiger partial charge in [-0.3, -0.25) is 4.79 Å². The summed E-state index contributed by atoms with van der Waals surface area (Å²) in [6.07, 6.45) is 3.38. The van der Waals surface area contributed by atoms with Crippen molar-refractivity contribution in [2.75, 3.05) is 0 Å². The van der Waals surface area contributed by atoms with Crippen LogP contribution in [0.1, 0.15) is 19.4 Å². The van der Waals surface area contributed by atoms with E-state index in [0.717, 1.165) is 5.56 Å². The number of rotatable bonds is 3. The molecule has 0 aliphatic carbocycles. The molecule has 0 bridgehead atoms. The van der Waals surface area contributed by atoms with Gasteiger partial charge in [0.1, 0.15) is 0 Å². The SMILES string of the molecule is CC(C)NC(=O)C=Cc1cccc(I)c1. The lowest BCUT2D eigenvalue weighted by atomic mass is 10.2. The predicted molar refractivity (Wildman–Crippen MR) is 71.5 cm³/mol.